The van der Waals surface area contributed by atoms with Gasteiger partial charge >= 0.3 is 0 Å². The lowest BCUT2D eigenvalue weighted by molar-refractivity contribution is 0.492. The third kappa shape index (κ3) is 3.12. The molecule has 0 fully saturated rings. The van der Waals surface area contributed by atoms with E-state index in [9.17, 15) is 0 Å². The number of nitrogens with zero attached hydrogens (tertiary/aromatic N) is 2. The zero-order valence-corrected chi connectivity index (χ0v) is 8.99. The molecule has 13 heavy (non-hydrogen) atoms. The minimum atomic E-state index is 0.584. The highest BCUT2D eigenvalue weighted by atomic mass is 32.1. The SMILES string of the molecule is C=NNC(=S)N(C)Cc1ccsc1. The molecule has 1 aromatic heterocycles. The van der Waals surface area contributed by atoms with E-state index in [4.69, 9.17) is 12.2 Å². The Morgan fingerprint density at radius 2 is 2.62 bits per heavy atom. The van der Waals surface area contributed by atoms with E-state index in [-0.39, 0.29) is 0 Å². The second-order valence-electron chi connectivity index (χ2n) is 2.56. The van der Waals surface area contributed by atoms with Gasteiger partial charge in [-0.3, -0.25) is 5.43 Å². The fourth-order valence-electron chi connectivity index (χ4n) is 0.881. The van der Waals surface area contributed by atoms with Crippen LogP contribution in [-0.2, 0) is 6.54 Å². The lowest BCUT2D eigenvalue weighted by atomic mass is 10.3. The molecule has 0 saturated carbocycles. The quantitative estimate of drug-likeness (QED) is 0.470. The Morgan fingerprint density at radius 1 is 1.85 bits per heavy atom. The molecule has 0 amide bonds. The van der Waals surface area contributed by atoms with Crippen LogP contribution in [0.25, 0.3) is 0 Å². The molecule has 3 nitrogen and oxygen atoms in total. The maximum Gasteiger partial charge on any atom is 0.189 e. The van der Waals surface area contributed by atoms with E-state index in [1.165, 1.54) is 5.56 Å². The number of hydrazone groups is 1. The van der Waals surface area contributed by atoms with Crippen LogP contribution in [0.2, 0.25) is 0 Å². The summed E-state index contributed by atoms with van der Waals surface area (Å²) >= 11 is 6.71. The molecule has 0 aromatic carbocycles. The number of hydrogen-bond donors (Lipinski definition) is 1. The van der Waals surface area contributed by atoms with Gasteiger partial charge in [-0.2, -0.15) is 16.4 Å². The Hall–Kier alpha value is -0.940. The lowest BCUT2D eigenvalue weighted by Crippen LogP contribution is -2.33. The molecular weight excluding hydrogens is 202 g/mol. The van der Waals surface area contributed by atoms with Crippen LogP contribution in [0.3, 0.4) is 0 Å². The summed E-state index contributed by atoms with van der Waals surface area (Å²) in [7, 11) is 1.91. The summed E-state index contributed by atoms with van der Waals surface area (Å²) in [4.78, 5) is 1.91. The van der Waals surface area contributed by atoms with Crippen molar-refractivity contribution in [1.82, 2.24) is 10.3 Å². The third-order valence-corrected chi connectivity index (χ3v) is 2.66. The number of nitrogens with one attached hydrogen (secondary N) is 1. The smallest absolute Gasteiger partial charge is 0.189 e. The average molecular weight is 213 g/mol. The van der Waals surface area contributed by atoms with Crippen LogP contribution in [0, 0.1) is 0 Å². The van der Waals surface area contributed by atoms with Crippen LogP contribution in [0.1, 0.15) is 5.56 Å². The Morgan fingerprint density at radius 3 is 3.15 bits per heavy atom. The van der Waals surface area contributed by atoms with Crippen molar-refractivity contribution in [3.63, 3.8) is 0 Å². The minimum Gasteiger partial charge on any atom is -0.347 e. The van der Waals surface area contributed by atoms with Crippen molar-refractivity contribution < 1.29 is 0 Å². The molecule has 0 unspecified atom stereocenters. The first-order valence-corrected chi connectivity index (χ1v) is 5.07. The van der Waals surface area contributed by atoms with Crippen LogP contribution >= 0.6 is 23.6 Å². The summed E-state index contributed by atoms with van der Waals surface area (Å²) in [6.45, 7) is 4.10. The summed E-state index contributed by atoms with van der Waals surface area (Å²) in [5, 5.41) is 8.23. The average Bonchev–Trinajstić information content (AvgIpc) is 2.57. The van der Waals surface area contributed by atoms with E-state index in [0.29, 0.717) is 5.11 Å². The molecule has 0 saturated heterocycles. The van der Waals surface area contributed by atoms with Gasteiger partial charge in [0.05, 0.1) is 0 Å². The molecule has 0 radical (unpaired) electrons. The van der Waals surface area contributed by atoms with Crippen LogP contribution in [0.15, 0.2) is 21.9 Å². The molecule has 1 aromatic rings. The number of thiophene rings is 1. The maximum absolute atomic E-state index is 5.03. The van der Waals surface area contributed by atoms with Crippen LogP contribution in [-0.4, -0.2) is 23.8 Å². The second kappa shape index (κ2) is 4.94. The molecule has 5 heteroatoms. The third-order valence-electron chi connectivity index (χ3n) is 1.52. The highest BCUT2D eigenvalue weighted by molar-refractivity contribution is 7.80. The lowest BCUT2D eigenvalue weighted by Gasteiger charge is -2.17. The van der Waals surface area contributed by atoms with Crippen molar-refractivity contribution in [3.8, 4) is 0 Å². The van der Waals surface area contributed by atoms with Crippen molar-refractivity contribution in [1.29, 1.82) is 0 Å². The van der Waals surface area contributed by atoms with E-state index in [1.807, 2.05) is 17.3 Å². The fraction of sp³-hybridized carbons (Fsp3) is 0.250. The number of thiocarbonyl (C=S) groups is 1. The van der Waals surface area contributed by atoms with Crippen molar-refractivity contribution in [2.24, 2.45) is 5.10 Å². The van der Waals surface area contributed by atoms with E-state index in [1.54, 1.807) is 11.3 Å². The zero-order valence-electron chi connectivity index (χ0n) is 7.36. The van der Waals surface area contributed by atoms with Gasteiger partial charge in [0, 0.05) is 20.3 Å². The number of rotatable bonds is 3. The van der Waals surface area contributed by atoms with Gasteiger partial charge in [0.1, 0.15) is 0 Å². The molecule has 0 bridgehead atoms. The van der Waals surface area contributed by atoms with Gasteiger partial charge in [-0.25, -0.2) is 0 Å². The molecule has 0 aliphatic carbocycles. The van der Waals surface area contributed by atoms with Crippen LogP contribution in [0.4, 0.5) is 0 Å². The van der Waals surface area contributed by atoms with Gasteiger partial charge in [0.2, 0.25) is 0 Å². The monoisotopic (exact) mass is 213 g/mol. The Balaban J connectivity index is 2.45. The van der Waals surface area contributed by atoms with E-state index < -0.39 is 0 Å². The summed E-state index contributed by atoms with van der Waals surface area (Å²) in [5.41, 5.74) is 3.88. The van der Waals surface area contributed by atoms with Crippen molar-refractivity contribution in [2.75, 3.05) is 7.05 Å². The van der Waals surface area contributed by atoms with Crippen molar-refractivity contribution in [2.45, 2.75) is 6.54 Å². The molecule has 0 aliphatic heterocycles. The Labute approximate surface area is 87.1 Å². The van der Waals surface area contributed by atoms with E-state index in [0.717, 1.165) is 6.54 Å². The zero-order chi connectivity index (χ0) is 9.68. The topological polar surface area (TPSA) is 27.6 Å². The largest absolute Gasteiger partial charge is 0.347 e. The van der Waals surface area contributed by atoms with Crippen molar-refractivity contribution >= 4 is 35.4 Å². The minimum absolute atomic E-state index is 0.584. The van der Waals surface area contributed by atoms with E-state index in [2.05, 4.69) is 28.7 Å². The first-order chi connectivity index (χ1) is 6.24. The first-order valence-electron chi connectivity index (χ1n) is 3.72. The molecule has 0 spiro atoms. The molecular formula is C8H11N3S2. The van der Waals surface area contributed by atoms with Gasteiger partial charge in [0.25, 0.3) is 0 Å². The van der Waals surface area contributed by atoms with Crippen LogP contribution < -0.4 is 5.43 Å². The first kappa shape index (κ1) is 10.1. The second-order valence-corrected chi connectivity index (χ2v) is 3.73. The highest BCUT2D eigenvalue weighted by Gasteiger charge is 2.03. The molecule has 70 valence electrons. The van der Waals surface area contributed by atoms with Gasteiger partial charge in [0.15, 0.2) is 5.11 Å². The molecule has 1 rings (SSSR count). The summed E-state index contributed by atoms with van der Waals surface area (Å²) in [6, 6.07) is 2.07. The highest BCUT2D eigenvalue weighted by Crippen LogP contribution is 2.08. The van der Waals surface area contributed by atoms with Crippen LogP contribution in [0.5, 0.6) is 0 Å². The summed E-state index contributed by atoms with van der Waals surface area (Å²) in [5.74, 6) is 0. The van der Waals surface area contributed by atoms with E-state index >= 15 is 0 Å². The summed E-state index contributed by atoms with van der Waals surface area (Å²) < 4.78 is 0. The predicted molar refractivity (Wildman–Crippen MR) is 61.1 cm³/mol. The molecule has 1 heterocycles. The predicted octanol–water partition coefficient (Wildman–Crippen LogP) is 1.67. The molecule has 0 aliphatic rings. The van der Waals surface area contributed by atoms with Gasteiger partial charge in [-0.15, -0.1) is 0 Å². The van der Waals surface area contributed by atoms with Crippen molar-refractivity contribution in [3.05, 3.63) is 22.4 Å². The fourth-order valence-corrected chi connectivity index (χ4v) is 1.67. The molecule has 0 atom stereocenters. The normalized spacial score (nSPS) is 9.31. The Kier molecular flexibility index (Phi) is 3.85. The number of hydrogen-bond acceptors (Lipinski definition) is 3. The molecule has 1 N–H and O–H groups in total. The summed E-state index contributed by atoms with van der Waals surface area (Å²) in [6.07, 6.45) is 0. The maximum atomic E-state index is 5.03. The van der Waals surface area contributed by atoms with Gasteiger partial charge < -0.3 is 4.90 Å². The standard InChI is InChI=1S/C8H11N3S2/c1-9-10-8(12)11(2)5-7-3-4-13-6-7/h3-4,6H,1,5H2,2H3,(H,10,12). The van der Waals surface area contributed by atoms with Gasteiger partial charge in [-0.05, 0) is 34.6 Å². The Bertz CT molecular complexity index is 282. The van der Waals surface area contributed by atoms with Gasteiger partial charge in [-0.1, -0.05) is 0 Å².